The monoisotopic (exact) mass is 311 g/mol. The van der Waals surface area contributed by atoms with Crippen molar-refractivity contribution in [3.8, 4) is 11.5 Å². The lowest BCUT2D eigenvalue weighted by Crippen LogP contribution is -2.28. The summed E-state index contributed by atoms with van der Waals surface area (Å²) >= 11 is 0. The predicted molar refractivity (Wildman–Crippen MR) is 79.7 cm³/mol. The van der Waals surface area contributed by atoms with Crippen molar-refractivity contribution in [3.05, 3.63) is 17.7 Å². The lowest BCUT2D eigenvalue weighted by atomic mass is 10.0. The molecule has 2 heterocycles. The second-order valence-corrected chi connectivity index (χ2v) is 7.95. The number of hydrogen-bond acceptors (Lipinski definition) is 5. The number of ether oxygens (including phenoxy) is 2. The van der Waals surface area contributed by atoms with E-state index in [4.69, 9.17) is 9.47 Å². The number of hydrogen-bond donors (Lipinski definition) is 1. The molecule has 0 aliphatic carbocycles. The normalized spacial score (nSPS) is 23.5. The van der Waals surface area contributed by atoms with Crippen LogP contribution in [0, 0.1) is 0 Å². The molecular formula is C15H21NO4S. The minimum absolute atomic E-state index is 0.0353. The van der Waals surface area contributed by atoms with E-state index in [0.29, 0.717) is 36.0 Å². The standard InChI is InChI=1S/C15H21NO4S/c1-10(2)16-12-4-3-7-21(17,18)15-9-14-13(8-11(12)15)19-5-6-20-14/h8-10,12,16H,3-7H2,1-2H3. The first-order valence-electron chi connectivity index (χ1n) is 7.40. The van der Waals surface area contributed by atoms with Gasteiger partial charge in [-0.15, -0.1) is 0 Å². The van der Waals surface area contributed by atoms with Gasteiger partial charge in [0.15, 0.2) is 21.3 Å². The molecule has 6 heteroatoms. The number of nitrogens with one attached hydrogen (secondary N) is 1. The summed E-state index contributed by atoms with van der Waals surface area (Å²) in [5.74, 6) is 1.37. The fourth-order valence-electron chi connectivity index (χ4n) is 2.95. The van der Waals surface area contributed by atoms with Crippen molar-refractivity contribution in [2.75, 3.05) is 19.0 Å². The molecule has 0 spiro atoms. The number of benzene rings is 1. The van der Waals surface area contributed by atoms with Gasteiger partial charge in [-0.05, 0) is 24.5 Å². The van der Waals surface area contributed by atoms with Crippen LogP contribution in [0.3, 0.4) is 0 Å². The smallest absolute Gasteiger partial charge is 0.178 e. The highest BCUT2D eigenvalue weighted by atomic mass is 32.2. The zero-order valence-corrected chi connectivity index (χ0v) is 13.2. The van der Waals surface area contributed by atoms with Crippen LogP contribution in [-0.4, -0.2) is 33.4 Å². The average molecular weight is 311 g/mol. The van der Waals surface area contributed by atoms with Gasteiger partial charge in [0.1, 0.15) is 13.2 Å². The predicted octanol–water partition coefficient (Wildman–Crippen LogP) is 2.06. The van der Waals surface area contributed by atoms with Crippen molar-refractivity contribution < 1.29 is 17.9 Å². The van der Waals surface area contributed by atoms with Crippen molar-refractivity contribution in [1.29, 1.82) is 0 Å². The maximum absolute atomic E-state index is 12.5. The van der Waals surface area contributed by atoms with Gasteiger partial charge in [-0.3, -0.25) is 0 Å². The summed E-state index contributed by atoms with van der Waals surface area (Å²) in [4.78, 5) is 0.391. The van der Waals surface area contributed by atoms with Crippen LogP contribution >= 0.6 is 0 Å². The lowest BCUT2D eigenvalue weighted by Gasteiger charge is -2.25. The molecule has 1 aromatic rings. The Morgan fingerprint density at radius 2 is 1.86 bits per heavy atom. The molecule has 0 saturated heterocycles. The third-order valence-electron chi connectivity index (χ3n) is 3.83. The highest BCUT2D eigenvalue weighted by molar-refractivity contribution is 7.91. The summed E-state index contributed by atoms with van der Waals surface area (Å²) in [6.45, 7) is 5.09. The molecule has 0 radical (unpaired) electrons. The molecule has 0 amide bonds. The first kappa shape index (κ1) is 14.7. The molecule has 2 aliphatic rings. The van der Waals surface area contributed by atoms with E-state index in [9.17, 15) is 8.42 Å². The van der Waals surface area contributed by atoms with E-state index in [0.717, 1.165) is 12.0 Å². The van der Waals surface area contributed by atoms with Crippen LogP contribution in [0.25, 0.3) is 0 Å². The van der Waals surface area contributed by atoms with E-state index in [-0.39, 0.29) is 17.8 Å². The Bertz CT molecular complexity index is 639. The molecule has 0 fully saturated rings. The van der Waals surface area contributed by atoms with Gasteiger partial charge in [-0.25, -0.2) is 8.42 Å². The summed E-state index contributed by atoms with van der Waals surface area (Å²) in [6, 6.07) is 3.80. The molecule has 0 saturated carbocycles. The van der Waals surface area contributed by atoms with Gasteiger partial charge in [-0.2, -0.15) is 0 Å². The molecular weight excluding hydrogens is 290 g/mol. The molecule has 116 valence electrons. The fourth-order valence-corrected chi connectivity index (χ4v) is 4.56. The SMILES string of the molecule is CC(C)NC1CCCS(=O)(=O)c2cc3c(cc21)OCCO3. The molecule has 0 bridgehead atoms. The van der Waals surface area contributed by atoms with Crippen LogP contribution in [0.4, 0.5) is 0 Å². The Kier molecular flexibility index (Phi) is 3.84. The minimum Gasteiger partial charge on any atom is -0.486 e. The van der Waals surface area contributed by atoms with E-state index < -0.39 is 9.84 Å². The lowest BCUT2D eigenvalue weighted by molar-refractivity contribution is 0.170. The zero-order chi connectivity index (χ0) is 15.0. The van der Waals surface area contributed by atoms with Crippen LogP contribution in [0.5, 0.6) is 11.5 Å². The molecule has 1 N–H and O–H groups in total. The van der Waals surface area contributed by atoms with Crippen LogP contribution < -0.4 is 14.8 Å². The maximum atomic E-state index is 12.5. The first-order chi connectivity index (χ1) is 9.97. The van der Waals surface area contributed by atoms with Crippen molar-refractivity contribution >= 4 is 9.84 Å². The Labute approximate surface area is 125 Å². The topological polar surface area (TPSA) is 64.6 Å². The number of fused-ring (bicyclic) bond motifs is 2. The van der Waals surface area contributed by atoms with E-state index in [1.807, 2.05) is 6.07 Å². The van der Waals surface area contributed by atoms with E-state index >= 15 is 0 Å². The van der Waals surface area contributed by atoms with Gasteiger partial charge >= 0.3 is 0 Å². The second-order valence-electron chi connectivity index (χ2n) is 5.87. The Hall–Kier alpha value is -1.27. The summed E-state index contributed by atoms with van der Waals surface area (Å²) < 4.78 is 36.1. The molecule has 3 rings (SSSR count). The van der Waals surface area contributed by atoms with Crippen LogP contribution in [0.2, 0.25) is 0 Å². The van der Waals surface area contributed by atoms with E-state index in [2.05, 4.69) is 19.2 Å². The highest BCUT2D eigenvalue weighted by Crippen LogP contribution is 2.40. The maximum Gasteiger partial charge on any atom is 0.178 e. The third kappa shape index (κ3) is 2.87. The summed E-state index contributed by atoms with van der Waals surface area (Å²) in [7, 11) is -3.26. The molecule has 2 aliphatic heterocycles. The van der Waals surface area contributed by atoms with E-state index in [1.54, 1.807) is 6.07 Å². The summed E-state index contributed by atoms with van der Waals surface area (Å²) in [5, 5.41) is 3.46. The van der Waals surface area contributed by atoms with Crippen LogP contribution in [-0.2, 0) is 9.84 Å². The zero-order valence-electron chi connectivity index (χ0n) is 12.4. The Balaban J connectivity index is 2.13. The van der Waals surface area contributed by atoms with Crippen molar-refractivity contribution in [2.24, 2.45) is 0 Å². The van der Waals surface area contributed by atoms with Crippen molar-refractivity contribution in [2.45, 2.75) is 43.7 Å². The van der Waals surface area contributed by atoms with Crippen LogP contribution in [0.15, 0.2) is 17.0 Å². The average Bonchev–Trinajstić information content (AvgIpc) is 2.54. The van der Waals surface area contributed by atoms with Crippen LogP contribution in [0.1, 0.15) is 38.3 Å². The summed E-state index contributed by atoms with van der Waals surface area (Å²) in [6.07, 6.45) is 1.47. The second kappa shape index (κ2) is 5.50. The minimum atomic E-state index is -3.26. The van der Waals surface area contributed by atoms with Crippen molar-refractivity contribution in [1.82, 2.24) is 5.32 Å². The number of rotatable bonds is 2. The van der Waals surface area contributed by atoms with Gasteiger partial charge in [-0.1, -0.05) is 13.8 Å². The van der Waals surface area contributed by atoms with E-state index in [1.165, 1.54) is 0 Å². The Morgan fingerprint density at radius 3 is 2.52 bits per heavy atom. The first-order valence-corrected chi connectivity index (χ1v) is 9.05. The van der Waals surface area contributed by atoms with Gasteiger partial charge in [0, 0.05) is 18.2 Å². The van der Waals surface area contributed by atoms with Gasteiger partial charge < -0.3 is 14.8 Å². The Morgan fingerprint density at radius 1 is 1.19 bits per heavy atom. The largest absolute Gasteiger partial charge is 0.486 e. The molecule has 1 unspecified atom stereocenters. The summed E-state index contributed by atoms with van der Waals surface area (Å²) in [5.41, 5.74) is 0.811. The fraction of sp³-hybridized carbons (Fsp3) is 0.600. The molecule has 21 heavy (non-hydrogen) atoms. The molecule has 0 aromatic heterocycles. The molecule has 1 aromatic carbocycles. The molecule has 1 atom stereocenters. The molecule has 5 nitrogen and oxygen atoms in total. The number of sulfone groups is 1. The highest BCUT2D eigenvalue weighted by Gasteiger charge is 2.30. The van der Waals surface area contributed by atoms with Gasteiger partial charge in [0.25, 0.3) is 0 Å². The van der Waals surface area contributed by atoms with Gasteiger partial charge in [0.2, 0.25) is 0 Å². The van der Waals surface area contributed by atoms with Crippen molar-refractivity contribution in [3.63, 3.8) is 0 Å². The van der Waals surface area contributed by atoms with Gasteiger partial charge in [0.05, 0.1) is 10.6 Å². The third-order valence-corrected chi connectivity index (χ3v) is 5.68. The quantitative estimate of drug-likeness (QED) is 0.906.